The molecule has 4 atom stereocenters. The first-order valence-corrected chi connectivity index (χ1v) is 11.8. The van der Waals surface area contributed by atoms with Crippen LogP contribution in [0, 0.1) is 0 Å². The molecular formula is C25H31ClN4O6. The van der Waals surface area contributed by atoms with Gasteiger partial charge in [0.2, 0.25) is 11.8 Å². The maximum Gasteiger partial charge on any atom is 0.328 e. The van der Waals surface area contributed by atoms with Crippen molar-refractivity contribution in [1.29, 1.82) is 0 Å². The highest BCUT2D eigenvalue weighted by Gasteiger charge is 2.35. The van der Waals surface area contributed by atoms with Gasteiger partial charge in [-0.3, -0.25) is 9.59 Å². The van der Waals surface area contributed by atoms with Gasteiger partial charge >= 0.3 is 5.97 Å². The van der Waals surface area contributed by atoms with E-state index in [0.717, 1.165) is 11.1 Å². The zero-order valence-electron chi connectivity index (χ0n) is 20.1. The molecule has 3 rings (SSSR count). The van der Waals surface area contributed by atoms with E-state index in [9.17, 15) is 24.6 Å². The third-order valence-corrected chi connectivity index (χ3v) is 6.70. The molecule has 0 saturated carbocycles. The topological polar surface area (TPSA) is 168 Å². The molecular weight excluding hydrogens is 488 g/mol. The van der Waals surface area contributed by atoms with Crippen LogP contribution in [0.5, 0.6) is 5.75 Å². The lowest BCUT2D eigenvalue weighted by molar-refractivity contribution is -0.153. The molecule has 11 heteroatoms. The fourth-order valence-corrected chi connectivity index (χ4v) is 4.35. The molecule has 1 heterocycles. The van der Waals surface area contributed by atoms with E-state index in [0.29, 0.717) is 16.1 Å². The zero-order chi connectivity index (χ0) is 26.6. The van der Waals surface area contributed by atoms with Crippen LogP contribution in [0.25, 0.3) is 11.1 Å². The van der Waals surface area contributed by atoms with Gasteiger partial charge in [0, 0.05) is 37.9 Å². The van der Waals surface area contributed by atoms with Crippen LogP contribution < -0.4 is 16.8 Å². The summed E-state index contributed by atoms with van der Waals surface area (Å²) in [5, 5.41) is 23.5. The molecule has 0 spiro atoms. The molecule has 36 heavy (non-hydrogen) atoms. The average molecular weight is 519 g/mol. The Labute approximate surface area is 214 Å². The molecule has 0 radical (unpaired) electrons. The van der Waals surface area contributed by atoms with Crippen LogP contribution in [0.2, 0.25) is 5.02 Å². The molecule has 10 nitrogen and oxygen atoms in total. The van der Waals surface area contributed by atoms with Crippen molar-refractivity contribution < 1.29 is 29.3 Å². The summed E-state index contributed by atoms with van der Waals surface area (Å²) in [7, 11) is 2.62. The average Bonchev–Trinajstić information content (AvgIpc) is 2.87. The number of hydrogen-bond donors (Lipinski definition) is 5. The molecule has 2 aromatic carbocycles. The minimum Gasteiger partial charge on any atom is -0.508 e. The van der Waals surface area contributed by atoms with Crippen molar-refractivity contribution >= 4 is 29.4 Å². The summed E-state index contributed by atoms with van der Waals surface area (Å²) in [4.78, 5) is 40.3. The minimum absolute atomic E-state index is 0.00701. The van der Waals surface area contributed by atoms with Crippen molar-refractivity contribution in [2.24, 2.45) is 11.5 Å². The number of phenolic OH excluding ortho intramolecular Hbond substituents is 1. The first kappa shape index (κ1) is 27.4. The van der Waals surface area contributed by atoms with Crippen LogP contribution in [-0.4, -0.2) is 77.8 Å². The number of aliphatic hydroxyl groups is 1. The Balaban J connectivity index is 2.15. The van der Waals surface area contributed by atoms with Crippen molar-refractivity contribution in [2.45, 2.75) is 43.5 Å². The second-order valence-electron chi connectivity index (χ2n) is 8.84. The molecule has 2 aromatic rings. The number of likely N-dealkylation sites (N-methyl/N-ethyl adjacent to an activating group) is 1. The van der Waals surface area contributed by atoms with Crippen molar-refractivity contribution in [2.75, 3.05) is 20.7 Å². The Morgan fingerprint density at radius 1 is 1.19 bits per heavy atom. The number of halogens is 1. The number of amides is 2. The van der Waals surface area contributed by atoms with Gasteiger partial charge in [-0.1, -0.05) is 23.7 Å². The number of rotatable bonds is 4. The molecule has 2 amide bonds. The SMILES string of the molecule is COC(=O)[C@@H]1Cc2cc(ccc2Cl)-c2ccc(O)c(c2)C[C@H](N)C(=O)N[C@@H](C[C@@H](O)CN)C(=O)N1C. The number of esters is 1. The first-order chi connectivity index (χ1) is 17.0. The zero-order valence-corrected chi connectivity index (χ0v) is 20.9. The molecule has 0 unspecified atom stereocenters. The van der Waals surface area contributed by atoms with Crippen LogP contribution in [0.4, 0.5) is 0 Å². The van der Waals surface area contributed by atoms with Crippen LogP contribution in [0.15, 0.2) is 36.4 Å². The fourth-order valence-electron chi connectivity index (χ4n) is 4.16. The van der Waals surface area contributed by atoms with Crippen LogP contribution in [-0.2, 0) is 32.0 Å². The highest BCUT2D eigenvalue weighted by molar-refractivity contribution is 6.31. The Kier molecular flexibility index (Phi) is 8.91. The Morgan fingerprint density at radius 3 is 2.47 bits per heavy atom. The van der Waals surface area contributed by atoms with E-state index in [1.807, 2.05) is 0 Å². The van der Waals surface area contributed by atoms with Gasteiger partial charge in [-0.2, -0.15) is 0 Å². The van der Waals surface area contributed by atoms with Crippen molar-refractivity contribution in [3.63, 3.8) is 0 Å². The Morgan fingerprint density at radius 2 is 1.83 bits per heavy atom. The smallest absolute Gasteiger partial charge is 0.328 e. The monoisotopic (exact) mass is 518 g/mol. The number of ether oxygens (including phenoxy) is 1. The van der Waals surface area contributed by atoms with Gasteiger partial charge in [0.1, 0.15) is 17.8 Å². The second-order valence-corrected chi connectivity index (χ2v) is 9.25. The predicted molar refractivity (Wildman–Crippen MR) is 134 cm³/mol. The van der Waals surface area contributed by atoms with Gasteiger partial charge < -0.3 is 36.6 Å². The van der Waals surface area contributed by atoms with Crippen LogP contribution >= 0.6 is 11.6 Å². The second kappa shape index (κ2) is 11.7. The van der Waals surface area contributed by atoms with Crippen LogP contribution in [0.3, 0.4) is 0 Å². The lowest BCUT2D eigenvalue weighted by Gasteiger charge is -2.31. The molecule has 7 N–H and O–H groups in total. The number of phenols is 1. The van der Waals surface area contributed by atoms with Crippen LogP contribution in [0.1, 0.15) is 17.5 Å². The summed E-state index contributed by atoms with van der Waals surface area (Å²) in [6.45, 7) is -0.140. The number of nitrogens with one attached hydrogen (secondary N) is 1. The van der Waals surface area contributed by atoms with E-state index >= 15 is 0 Å². The van der Waals surface area contributed by atoms with Gasteiger partial charge in [-0.05, 0) is 46.5 Å². The summed E-state index contributed by atoms with van der Waals surface area (Å²) in [6, 6.07) is 6.83. The normalized spacial score (nSPS) is 21.7. The third-order valence-electron chi connectivity index (χ3n) is 6.33. The van der Waals surface area contributed by atoms with Gasteiger partial charge in [0.25, 0.3) is 0 Å². The number of methoxy groups -OCH3 is 1. The highest BCUT2D eigenvalue weighted by Crippen LogP contribution is 2.31. The molecule has 0 fully saturated rings. The van der Waals surface area contributed by atoms with Crippen molar-refractivity contribution in [3.8, 4) is 16.9 Å². The molecule has 194 valence electrons. The predicted octanol–water partition coefficient (Wildman–Crippen LogP) is 0.333. The molecule has 1 aliphatic rings. The lowest BCUT2D eigenvalue weighted by Crippen LogP contribution is -2.56. The number of carbonyl (C=O) groups excluding carboxylic acids is 3. The maximum atomic E-state index is 13.5. The highest BCUT2D eigenvalue weighted by atomic mass is 35.5. The summed E-state index contributed by atoms with van der Waals surface area (Å²) in [5.41, 5.74) is 14.2. The fraction of sp³-hybridized carbons (Fsp3) is 0.400. The van der Waals surface area contributed by atoms with E-state index in [2.05, 4.69) is 5.32 Å². The minimum atomic E-state index is -1.22. The number of nitrogens with zero attached hydrogens (tertiary/aromatic N) is 1. The number of fused-ring (bicyclic) bond motifs is 5. The van der Waals surface area contributed by atoms with E-state index in [1.165, 1.54) is 25.1 Å². The summed E-state index contributed by atoms with van der Waals surface area (Å²) in [5.74, 6) is -2.00. The van der Waals surface area contributed by atoms with Gasteiger partial charge in [-0.25, -0.2) is 4.79 Å². The van der Waals surface area contributed by atoms with Gasteiger partial charge in [-0.15, -0.1) is 0 Å². The number of nitrogens with two attached hydrogens (primary N) is 2. The standard InChI is InChI=1S/C25H31ClN4O6/c1-30-21(25(35)36-2)10-15-7-13(3-5-18(15)26)14-4-6-22(32)16(8-14)9-19(28)23(33)29-20(24(30)34)11-17(31)12-27/h3-8,17,19-21,31-32H,9-12,27-28H2,1-2H3,(H,29,33)/t17-,19+,20+,21+/m1/s1. The Bertz CT molecular complexity index is 1140. The van der Waals surface area contributed by atoms with Gasteiger partial charge in [0.15, 0.2) is 0 Å². The number of carbonyl (C=O) groups is 3. The van der Waals surface area contributed by atoms with E-state index in [4.69, 9.17) is 27.8 Å². The molecule has 0 saturated heterocycles. The summed E-state index contributed by atoms with van der Waals surface area (Å²) >= 11 is 6.45. The number of hydrogen-bond acceptors (Lipinski definition) is 8. The van der Waals surface area contributed by atoms with Gasteiger partial charge in [0.05, 0.1) is 19.3 Å². The maximum absolute atomic E-state index is 13.5. The van der Waals surface area contributed by atoms with E-state index in [-0.39, 0.29) is 31.6 Å². The Hall–Kier alpha value is -3.18. The lowest BCUT2D eigenvalue weighted by atomic mass is 9.96. The van der Waals surface area contributed by atoms with Crippen molar-refractivity contribution in [3.05, 3.63) is 52.5 Å². The van der Waals surface area contributed by atoms with E-state index in [1.54, 1.807) is 30.3 Å². The number of benzene rings is 2. The summed E-state index contributed by atoms with van der Waals surface area (Å²) in [6.07, 6.45) is -1.25. The largest absolute Gasteiger partial charge is 0.508 e. The quantitative estimate of drug-likeness (QED) is 0.361. The number of aromatic hydroxyl groups is 1. The summed E-state index contributed by atoms with van der Waals surface area (Å²) < 4.78 is 4.95. The molecule has 0 aliphatic carbocycles. The number of aliphatic hydroxyl groups excluding tert-OH is 1. The third kappa shape index (κ3) is 6.14. The molecule has 1 aliphatic heterocycles. The van der Waals surface area contributed by atoms with E-state index < -0.39 is 42.0 Å². The van der Waals surface area contributed by atoms with Crippen molar-refractivity contribution in [1.82, 2.24) is 10.2 Å². The molecule has 0 aromatic heterocycles. The first-order valence-electron chi connectivity index (χ1n) is 11.4. The molecule has 4 bridgehead atoms.